The van der Waals surface area contributed by atoms with Gasteiger partial charge in [-0.25, -0.2) is 9.78 Å². The van der Waals surface area contributed by atoms with Gasteiger partial charge in [0.25, 0.3) is 11.5 Å². The zero-order valence-corrected chi connectivity index (χ0v) is 19.7. The normalized spacial score (nSPS) is 13.8. The number of nitrogens with zero attached hydrogens (tertiary/aromatic N) is 2. The third-order valence-corrected chi connectivity index (χ3v) is 6.38. The average Bonchev–Trinajstić information content (AvgIpc) is 3.68. The van der Waals surface area contributed by atoms with Crippen molar-refractivity contribution < 1.29 is 19.4 Å². The first-order valence-corrected chi connectivity index (χ1v) is 11.8. The molecule has 8 nitrogen and oxygen atoms in total. The van der Waals surface area contributed by atoms with E-state index >= 15 is 0 Å². The van der Waals surface area contributed by atoms with Crippen LogP contribution in [0, 0.1) is 0 Å². The van der Waals surface area contributed by atoms with Gasteiger partial charge in [-0.1, -0.05) is 60.7 Å². The Hall–Kier alpha value is -4.46. The van der Waals surface area contributed by atoms with Gasteiger partial charge < -0.3 is 19.7 Å². The summed E-state index contributed by atoms with van der Waals surface area (Å²) >= 11 is 0. The highest BCUT2D eigenvalue weighted by Crippen LogP contribution is 2.38. The largest absolute Gasteiger partial charge is 0.505 e. The van der Waals surface area contributed by atoms with Crippen LogP contribution < -0.4 is 10.9 Å². The van der Waals surface area contributed by atoms with E-state index < -0.39 is 17.4 Å². The summed E-state index contributed by atoms with van der Waals surface area (Å²) < 4.78 is 6.63. The number of aromatic nitrogens is 2. The van der Waals surface area contributed by atoms with Crippen LogP contribution in [-0.2, 0) is 16.1 Å². The monoisotopic (exact) mass is 483 g/mol. The van der Waals surface area contributed by atoms with E-state index in [9.17, 15) is 19.5 Å². The Morgan fingerprint density at radius 1 is 1.08 bits per heavy atom. The van der Waals surface area contributed by atoms with Crippen LogP contribution in [0.2, 0.25) is 0 Å². The second-order valence-electron chi connectivity index (χ2n) is 8.81. The van der Waals surface area contributed by atoms with E-state index in [2.05, 4.69) is 10.3 Å². The quantitative estimate of drug-likeness (QED) is 0.388. The van der Waals surface area contributed by atoms with Crippen LogP contribution in [-0.4, -0.2) is 38.7 Å². The van der Waals surface area contributed by atoms with Gasteiger partial charge in [0.05, 0.1) is 24.9 Å². The third kappa shape index (κ3) is 4.22. The summed E-state index contributed by atoms with van der Waals surface area (Å²) in [6, 6.07) is 20.2. The predicted molar refractivity (Wildman–Crippen MR) is 135 cm³/mol. The van der Waals surface area contributed by atoms with Gasteiger partial charge in [-0.15, -0.1) is 0 Å². The van der Waals surface area contributed by atoms with Crippen molar-refractivity contribution >= 4 is 22.8 Å². The molecule has 1 fully saturated rings. The summed E-state index contributed by atoms with van der Waals surface area (Å²) in [6.07, 6.45) is 2.33. The molecule has 0 radical (unpaired) electrons. The van der Waals surface area contributed by atoms with Crippen molar-refractivity contribution in [2.75, 3.05) is 6.61 Å². The molecular weight excluding hydrogens is 458 g/mol. The Labute approximate surface area is 207 Å². The molecule has 8 heteroatoms. The van der Waals surface area contributed by atoms with Gasteiger partial charge in [0.1, 0.15) is 5.54 Å². The number of pyridine rings is 2. The number of fused-ring (bicyclic) bond motifs is 1. The topological polar surface area (TPSA) is 111 Å². The molecule has 1 amide bonds. The SMILES string of the molecule is CCOC(=O)C1(NC(=O)c2ncc3c(cc(-c4ccccc4)c(=O)n3Cc3ccccc3)c2O)CC1. The van der Waals surface area contributed by atoms with Crippen molar-refractivity contribution in [2.24, 2.45) is 0 Å². The number of hydrogen-bond donors (Lipinski definition) is 2. The highest BCUT2D eigenvalue weighted by atomic mass is 16.5. The number of carbonyl (C=O) groups excluding carboxylic acids is 2. The minimum atomic E-state index is -1.09. The molecule has 5 rings (SSSR count). The van der Waals surface area contributed by atoms with E-state index in [-0.39, 0.29) is 30.2 Å². The van der Waals surface area contributed by atoms with Gasteiger partial charge in [0.15, 0.2) is 11.4 Å². The average molecular weight is 484 g/mol. The first-order valence-electron chi connectivity index (χ1n) is 11.8. The molecule has 0 saturated heterocycles. The van der Waals surface area contributed by atoms with E-state index in [1.807, 2.05) is 60.7 Å². The lowest BCUT2D eigenvalue weighted by molar-refractivity contribution is -0.146. The molecule has 182 valence electrons. The smallest absolute Gasteiger partial charge is 0.331 e. The van der Waals surface area contributed by atoms with Gasteiger partial charge in [-0.3, -0.25) is 9.59 Å². The first-order chi connectivity index (χ1) is 17.4. The molecule has 2 N–H and O–H groups in total. The number of hydrogen-bond acceptors (Lipinski definition) is 6. The number of nitrogens with one attached hydrogen (secondary N) is 1. The van der Waals surface area contributed by atoms with E-state index in [1.54, 1.807) is 17.6 Å². The summed E-state index contributed by atoms with van der Waals surface area (Å²) in [5.41, 5.74) is 0.820. The lowest BCUT2D eigenvalue weighted by atomic mass is 10.0. The van der Waals surface area contributed by atoms with Crippen LogP contribution >= 0.6 is 0 Å². The number of benzene rings is 2. The van der Waals surface area contributed by atoms with Gasteiger partial charge in [0.2, 0.25) is 0 Å². The summed E-state index contributed by atoms with van der Waals surface area (Å²) in [5, 5.41) is 14.2. The van der Waals surface area contributed by atoms with Crippen LogP contribution in [0.4, 0.5) is 0 Å². The number of amides is 1. The summed E-state index contributed by atoms with van der Waals surface area (Å²) in [4.78, 5) is 43.1. The molecule has 36 heavy (non-hydrogen) atoms. The lowest BCUT2D eigenvalue weighted by Gasteiger charge is -2.17. The standard InChI is InChI=1S/C28H25N3O5/c1-2-36-27(35)28(13-14-28)30-25(33)23-24(32)21-15-20(19-11-7-4-8-12-19)26(34)31(22(21)16-29-23)17-18-9-5-3-6-10-18/h3-12,15-16,32H,2,13-14,17H2,1H3,(H,30,33). The minimum absolute atomic E-state index is 0.205. The van der Waals surface area contributed by atoms with Crippen molar-refractivity contribution in [3.63, 3.8) is 0 Å². The maximum absolute atomic E-state index is 13.6. The lowest BCUT2D eigenvalue weighted by Crippen LogP contribution is -2.44. The molecule has 2 aromatic heterocycles. The second-order valence-corrected chi connectivity index (χ2v) is 8.81. The molecule has 1 aliphatic carbocycles. The maximum atomic E-state index is 13.6. The third-order valence-electron chi connectivity index (χ3n) is 6.38. The van der Waals surface area contributed by atoms with Gasteiger partial charge in [-0.2, -0.15) is 0 Å². The van der Waals surface area contributed by atoms with Crippen molar-refractivity contribution in [2.45, 2.75) is 31.8 Å². The molecule has 1 saturated carbocycles. The molecule has 4 aromatic rings. The summed E-state index contributed by atoms with van der Waals surface area (Å²) in [5.74, 6) is -1.53. The minimum Gasteiger partial charge on any atom is -0.505 e. The van der Waals surface area contributed by atoms with Gasteiger partial charge in [0, 0.05) is 10.9 Å². The number of ether oxygens (including phenoxy) is 1. The fraction of sp³-hybridized carbons (Fsp3) is 0.214. The van der Waals surface area contributed by atoms with Crippen LogP contribution in [0.25, 0.3) is 22.0 Å². The molecule has 0 unspecified atom stereocenters. The summed E-state index contributed by atoms with van der Waals surface area (Å²) in [6.45, 7) is 2.17. The number of aromatic hydroxyl groups is 1. The van der Waals surface area contributed by atoms with E-state index in [4.69, 9.17) is 4.74 Å². The van der Waals surface area contributed by atoms with E-state index in [0.717, 1.165) is 5.56 Å². The first kappa shape index (κ1) is 23.3. The van der Waals surface area contributed by atoms with Gasteiger partial charge >= 0.3 is 5.97 Å². The van der Waals surface area contributed by atoms with Crippen LogP contribution in [0.15, 0.2) is 77.7 Å². The maximum Gasteiger partial charge on any atom is 0.331 e. The van der Waals surface area contributed by atoms with E-state index in [0.29, 0.717) is 34.9 Å². The Morgan fingerprint density at radius 2 is 1.75 bits per heavy atom. The zero-order chi connectivity index (χ0) is 25.3. The fourth-order valence-corrected chi connectivity index (χ4v) is 4.29. The molecular formula is C28H25N3O5. The van der Waals surface area contributed by atoms with Crippen molar-refractivity contribution in [1.29, 1.82) is 0 Å². The molecule has 2 aromatic carbocycles. The van der Waals surface area contributed by atoms with E-state index in [1.165, 1.54) is 6.20 Å². The Kier molecular flexibility index (Phi) is 6.01. The van der Waals surface area contributed by atoms with Crippen molar-refractivity contribution in [3.05, 3.63) is 94.5 Å². The zero-order valence-electron chi connectivity index (χ0n) is 19.7. The van der Waals surface area contributed by atoms with Gasteiger partial charge in [-0.05, 0) is 37.0 Å². The highest BCUT2D eigenvalue weighted by Gasteiger charge is 2.53. The van der Waals surface area contributed by atoms with Crippen molar-refractivity contribution in [3.8, 4) is 16.9 Å². The summed E-state index contributed by atoms with van der Waals surface area (Å²) in [7, 11) is 0. The number of rotatable bonds is 7. The Morgan fingerprint density at radius 3 is 2.39 bits per heavy atom. The van der Waals surface area contributed by atoms with Crippen LogP contribution in [0.3, 0.4) is 0 Å². The molecule has 2 heterocycles. The fourth-order valence-electron chi connectivity index (χ4n) is 4.29. The molecule has 0 bridgehead atoms. The van der Waals surface area contributed by atoms with Crippen LogP contribution in [0.5, 0.6) is 5.75 Å². The number of esters is 1. The Balaban J connectivity index is 1.63. The number of carbonyl (C=O) groups is 2. The molecule has 1 aliphatic rings. The predicted octanol–water partition coefficient (Wildman–Crippen LogP) is 3.64. The van der Waals surface area contributed by atoms with Crippen LogP contribution in [0.1, 0.15) is 35.8 Å². The highest BCUT2D eigenvalue weighted by molar-refractivity contribution is 6.04. The Bertz CT molecular complexity index is 1510. The van der Waals surface area contributed by atoms with Crippen molar-refractivity contribution in [1.82, 2.24) is 14.9 Å². The molecule has 0 atom stereocenters. The second kappa shape index (κ2) is 9.30. The molecule has 0 spiro atoms. The molecule has 0 aliphatic heterocycles.